The third-order valence-corrected chi connectivity index (χ3v) is 2.37. The van der Waals surface area contributed by atoms with Crippen molar-refractivity contribution in [2.45, 2.75) is 26.2 Å². The number of nitrogens with zero attached hydrogens (tertiary/aromatic N) is 1. The van der Waals surface area contributed by atoms with Gasteiger partial charge < -0.3 is 10.2 Å². The molecule has 0 aliphatic heterocycles. The maximum Gasteiger partial charge on any atom is 0.325 e. The lowest BCUT2D eigenvalue weighted by atomic mass is 10.0. The fraction of sp³-hybridized carbons (Fsp3) is 0.364. The summed E-state index contributed by atoms with van der Waals surface area (Å²) in [5.74, 6) is -1.88. The Morgan fingerprint density at radius 1 is 1.41 bits per heavy atom. The highest BCUT2D eigenvalue weighted by molar-refractivity contribution is 6.01. The number of Topliss-reactive ketones (excluding diaryl/α,β-unsaturated/α-hetero) is 1. The molecule has 0 fully saturated rings. The van der Waals surface area contributed by atoms with E-state index in [4.69, 9.17) is 5.11 Å². The van der Waals surface area contributed by atoms with Crippen LogP contribution in [0.2, 0.25) is 0 Å². The van der Waals surface area contributed by atoms with Gasteiger partial charge in [-0.2, -0.15) is 0 Å². The van der Waals surface area contributed by atoms with E-state index in [2.05, 4.69) is 0 Å². The number of ketones is 1. The summed E-state index contributed by atoms with van der Waals surface area (Å²) >= 11 is 0. The van der Waals surface area contributed by atoms with Crippen molar-refractivity contribution in [1.82, 2.24) is 0 Å². The highest BCUT2D eigenvalue weighted by Gasteiger charge is 2.26. The molecule has 1 aromatic carbocycles. The summed E-state index contributed by atoms with van der Waals surface area (Å²) in [6, 6.07) is 2.23. The molecule has 0 bridgehead atoms. The number of carbonyl (C=O) groups is 1. The number of nitro benzene ring substituents is 1. The number of phenols is 2. The van der Waals surface area contributed by atoms with Gasteiger partial charge in [0.2, 0.25) is 5.75 Å². The number of hydrogen-bond acceptors (Lipinski definition) is 5. The van der Waals surface area contributed by atoms with Crippen LogP contribution in [0.4, 0.5) is 5.69 Å². The molecule has 0 unspecified atom stereocenters. The van der Waals surface area contributed by atoms with E-state index in [1.54, 1.807) is 0 Å². The Balaban J connectivity index is 3.20. The zero-order chi connectivity index (χ0) is 13.0. The maximum atomic E-state index is 11.7. The zero-order valence-electron chi connectivity index (χ0n) is 9.34. The Kier molecular flexibility index (Phi) is 4.03. The largest absolute Gasteiger partial charge is 0.504 e. The third-order valence-electron chi connectivity index (χ3n) is 2.37. The van der Waals surface area contributed by atoms with Crippen molar-refractivity contribution in [3.63, 3.8) is 0 Å². The van der Waals surface area contributed by atoms with Crippen LogP contribution in [0.5, 0.6) is 11.5 Å². The van der Waals surface area contributed by atoms with E-state index < -0.39 is 27.9 Å². The predicted molar refractivity (Wildman–Crippen MR) is 60.3 cm³/mol. The van der Waals surface area contributed by atoms with Crippen molar-refractivity contribution < 1.29 is 19.9 Å². The number of aromatic hydroxyl groups is 2. The van der Waals surface area contributed by atoms with Crippen LogP contribution >= 0.6 is 0 Å². The fourth-order valence-corrected chi connectivity index (χ4v) is 1.45. The molecule has 6 heteroatoms. The topological polar surface area (TPSA) is 101 Å². The molecule has 1 rings (SSSR count). The molecule has 92 valence electrons. The molecule has 0 saturated heterocycles. The van der Waals surface area contributed by atoms with Gasteiger partial charge in [0.1, 0.15) is 0 Å². The van der Waals surface area contributed by atoms with Gasteiger partial charge >= 0.3 is 5.69 Å². The maximum absolute atomic E-state index is 11.7. The number of benzene rings is 1. The number of nitro groups is 1. The van der Waals surface area contributed by atoms with Crippen molar-refractivity contribution in [2.75, 3.05) is 0 Å². The van der Waals surface area contributed by atoms with Crippen LogP contribution < -0.4 is 0 Å². The minimum Gasteiger partial charge on any atom is -0.504 e. The Morgan fingerprint density at radius 2 is 2.06 bits per heavy atom. The quantitative estimate of drug-likeness (QED) is 0.355. The van der Waals surface area contributed by atoms with Gasteiger partial charge in [0.25, 0.3) is 0 Å². The average Bonchev–Trinajstić information content (AvgIpc) is 2.28. The lowest BCUT2D eigenvalue weighted by Crippen LogP contribution is -2.04. The first-order valence-corrected chi connectivity index (χ1v) is 5.21. The molecule has 17 heavy (non-hydrogen) atoms. The standard InChI is InChI=1S/C11H13NO5/c1-2-3-4-8(13)7-5-6-9(14)11(15)10(7)12(16)17/h5-6,14-15H,2-4H2,1H3. The zero-order valence-corrected chi connectivity index (χ0v) is 9.34. The molecule has 0 atom stereocenters. The van der Waals surface area contributed by atoms with Crippen LogP contribution in [0.3, 0.4) is 0 Å². The number of rotatable bonds is 5. The molecule has 0 aliphatic rings. The van der Waals surface area contributed by atoms with Crippen molar-refractivity contribution in [3.05, 3.63) is 27.8 Å². The Labute approximate surface area is 97.7 Å². The Bertz CT molecular complexity index is 455. The number of carbonyl (C=O) groups excluding carboxylic acids is 1. The van der Waals surface area contributed by atoms with E-state index in [0.29, 0.717) is 6.42 Å². The van der Waals surface area contributed by atoms with E-state index in [9.17, 15) is 20.0 Å². The SMILES string of the molecule is CCCCC(=O)c1ccc(O)c(O)c1[N+](=O)[O-]. The molecule has 6 nitrogen and oxygen atoms in total. The van der Waals surface area contributed by atoms with Crippen LogP contribution in [0.15, 0.2) is 12.1 Å². The van der Waals surface area contributed by atoms with E-state index in [-0.39, 0.29) is 12.0 Å². The van der Waals surface area contributed by atoms with Gasteiger partial charge in [0, 0.05) is 6.42 Å². The molecule has 0 aromatic heterocycles. The molecular weight excluding hydrogens is 226 g/mol. The van der Waals surface area contributed by atoms with Gasteiger partial charge in [-0.3, -0.25) is 14.9 Å². The van der Waals surface area contributed by atoms with Crippen LogP contribution in [-0.2, 0) is 0 Å². The average molecular weight is 239 g/mol. The van der Waals surface area contributed by atoms with Crippen molar-refractivity contribution in [2.24, 2.45) is 0 Å². The van der Waals surface area contributed by atoms with Gasteiger partial charge in [-0.05, 0) is 18.6 Å². The normalized spacial score (nSPS) is 10.2. The summed E-state index contributed by atoms with van der Waals surface area (Å²) in [7, 11) is 0. The van der Waals surface area contributed by atoms with Crippen molar-refractivity contribution in [3.8, 4) is 11.5 Å². The second-order valence-electron chi connectivity index (χ2n) is 3.61. The number of phenolic OH excluding ortho intramolecular Hbond substituents is 2. The molecule has 0 radical (unpaired) electrons. The molecule has 1 aromatic rings. The summed E-state index contributed by atoms with van der Waals surface area (Å²) < 4.78 is 0. The van der Waals surface area contributed by atoms with Crippen LogP contribution in [0, 0.1) is 10.1 Å². The number of unbranched alkanes of at least 4 members (excludes halogenated alkanes) is 1. The van der Waals surface area contributed by atoms with Gasteiger partial charge in [0.05, 0.1) is 10.5 Å². The lowest BCUT2D eigenvalue weighted by molar-refractivity contribution is -0.386. The van der Waals surface area contributed by atoms with Gasteiger partial charge in [-0.25, -0.2) is 0 Å². The van der Waals surface area contributed by atoms with Gasteiger partial charge in [-0.1, -0.05) is 13.3 Å². The molecule has 0 spiro atoms. The third kappa shape index (κ3) is 2.72. The van der Waals surface area contributed by atoms with Gasteiger partial charge in [-0.15, -0.1) is 0 Å². The molecule has 0 amide bonds. The summed E-state index contributed by atoms with van der Waals surface area (Å²) in [6.45, 7) is 1.90. The molecule has 0 heterocycles. The van der Waals surface area contributed by atoms with Crippen LogP contribution in [-0.4, -0.2) is 20.9 Å². The first kappa shape index (κ1) is 13.0. The highest BCUT2D eigenvalue weighted by Crippen LogP contribution is 2.38. The van der Waals surface area contributed by atoms with Crippen molar-refractivity contribution in [1.29, 1.82) is 0 Å². The molecule has 0 aliphatic carbocycles. The van der Waals surface area contributed by atoms with Crippen molar-refractivity contribution >= 4 is 11.5 Å². The first-order valence-electron chi connectivity index (χ1n) is 5.21. The predicted octanol–water partition coefficient (Wildman–Crippen LogP) is 2.38. The fourth-order valence-electron chi connectivity index (χ4n) is 1.45. The van der Waals surface area contributed by atoms with E-state index in [0.717, 1.165) is 18.6 Å². The van der Waals surface area contributed by atoms with Crippen LogP contribution in [0.1, 0.15) is 36.5 Å². The molecule has 0 saturated carbocycles. The minimum absolute atomic E-state index is 0.168. The monoisotopic (exact) mass is 239 g/mol. The molecule has 2 N–H and O–H groups in total. The summed E-state index contributed by atoms with van der Waals surface area (Å²) in [6.07, 6.45) is 1.60. The smallest absolute Gasteiger partial charge is 0.325 e. The second kappa shape index (κ2) is 5.29. The summed E-state index contributed by atoms with van der Waals surface area (Å²) in [5.41, 5.74) is -0.898. The summed E-state index contributed by atoms with van der Waals surface area (Å²) in [4.78, 5) is 21.6. The Morgan fingerprint density at radius 3 is 2.59 bits per heavy atom. The molecular formula is C11H13NO5. The number of hydrogen-bond donors (Lipinski definition) is 2. The highest BCUT2D eigenvalue weighted by atomic mass is 16.6. The summed E-state index contributed by atoms with van der Waals surface area (Å²) in [5, 5.41) is 29.3. The van der Waals surface area contributed by atoms with E-state index in [1.807, 2.05) is 6.92 Å². The Hall–Kier alpha value is -2.11. The van der Waals surface area contributed by atoms with E-state index >= 15 is 0 Å². The van der Waals surface area contributed by atoms with Gasteiger partial charge in [0.15, 0.2) is 11.5 Å². The second-order valence-corrected chi connectivity index (χ2v) is 3.61. The first-order chi connectivity index (χ1) is 7.99. The van der Waals surface area contributed by atoms with Crippen LogP contribution in [0.25, 0.3) is 0 Å². The minimum atomic E-state index is -0.867. The van der Waals surface area contributed by atoms with E-state index in [1.165, 1.54) is 0 Å². The lowest BCUT2D eigenvalue weighted by Gasteiger charge is -2.04.